The summed E-state index contributed by atoms with van der Waals surface area (Å²) in [6.07, 6.45) is 10.5. The molecule has 1 aliphatic carbocycles. The second-order valence-electron chi connectivity index (χ2n) is 9.38. The Labute approximate surface area is 215 Å². The lowest BCUT2D eigenvalue weighted by Gasteiger charge is -2.29. The van der Waals surface area contributed by atoms with E-state index in [1.54, 1.807) is 18.3 Å². The number of hydrogen-bond acceptors (Lipinski definition) is 7. The highest BCUT2D eigenvalue weighted by molar-refractivity contribution is 8.18. The van der Waals surface area contributed by atoms with Crippen molar-refractivity contribution in [3.63, 3.8) is 0 Å². The van der Waals surface area contributed by atoms with Gasteiger partial charge in [0.25, 0.3) is 11.1 Å². The lowest BCUT2D eigenvalue weighted by molar-refractivity contribution is -0.115. The molecule has 1 saturated heterocycles. The van der Waals surface area contributed by atoms with Crippen molar-refractivity contribution >= 4 is 29.0 Å². The lowest BCUT2D eigenvalue weighted by Crippen LogP contribution is -2.33. The molecular formula is C28H29N5O2S. The maximum atomic E-state index is 11.8. The van der Waals surface area contributed by atoms with E-state index in [0.29, 0.717) is 22.6 Å². The highest BCUT2D eigenvalue weighted by atomic mass is 32.2. The molecule has 0 atom stereocenters. The van der Waals surface area contributed by atoms with Gasteiger partial charge in [0.2, 0.25) is 0 Å². The van der Waals surface area contributed by atoms with Crippen LogP contribution in [-0.2, 0) is 17.8 Å². The number of benzene rings is 1. The van der Waals surface area contributed by atoms with Crippen molar-refractivity contribution in [2.75, 3.05) is 0 Å². The van der Waals surface area contributed by atoms with Crippen molar-refractivity contribution in [2.24, 2.45) is 5.92 Å². The Hall–Kier alpha value is -3.36. The molecule has 1 aliphatic heterocycles. The summed E-state index contributed by atoms with van der Waals surface area (Å²) in [6.45, 7) is 2.94. The molecule has 8 heteroatoms. The van der Waals surface area contributed by atoms with Gasteiger partial charge >= 0.3 is 0 Å². The third-order valence-corrected chi connectivity index (χ3v) is 7.65. The van der Waals surface area contributed by atoms with E-state index in [2.05, 4.69) is 62.8 Å². The molecule has 1 aromatic carbocycles. The number of aromatic nitrogens is 3. The number of nitrogens with zero attached hydrogens (tertiary/aromatic N) is 3. The maximum Gasteiger partial charge on any atom is 0.290 e. The molecule has 2 aromatic heterocycles. The van der Waals surface area contributed by atoms with Crippen LogP contribution in [0.2, 0.25) is 0 Å². The Morgan fingerprint density at radius 1 is 1.03 bits per heavy atom. The Morgan fingerprint density at radius 2 is 1.86 bits per heavy atom. The molecule has 2 fully saturated rings. The normalized spacial score (nSPS) is 21.1. The van der Waals surface area contributed by atoms with Crippen molar-refractivity contribution in [3.8, 4) is 11.3 Å². The summed E-state index contributed by atoms with van der Waals surface area (Å²) in [4.78, 5) is 37.3. The van der Waals surface area contributed by atoms with Crippen LogP contribution >= 0.6 is 11.8 Å². The Morgan fingerprint density at radius 3 is 2.64 bits per heavy atom. The molecule has 0 bridgehead atoms. The quantitative estimate of drug-likeness (QED) is 0.439. The van der Waals surface area contributed by atoms with E-state index >= 15 is 0 Å². The monoisotopic (exact) mass is 499 g/mol. The van der Waals surface area contributed by atoms with Crippen LogP contribution in [-0.4, -0.2) is 32.1 Å². The van der Waals surface area contributed by atoms with Crippen LogP contribution in [0.25, 0.3) is 17.3 Å². The second-order valence-corrected chi connectivity index (χ2v) is 10.4. The number of carbonyl (C=O) groups is 2. The van der Waals surface area contributed by atoms with Crippen LogP contribution in [0.5, 0.6) is 0 Å². The number of nitrogens with one attached hydrogen (secondary N) is 2. The molecule has 2 amide bonds. The molecule has 3 aromatic rings. The summed E-state index contributed by atoms with van der Waals surface area (Å²) in [5.74, 6) is 0.958. The summed E-state index contributed by atoms with van der Waals surface area (Å²) in [7, 11) is 0. The van der Waals surface area contributed by atoms with E-state index in [-0.39, 0.29) is 11.1 Å². The number of rotatable bonds is 7. The molecule has 184 valence electrons. The Kier molecular flexibility index (Phi) is 7.53. The maximum absolute atomic E-state index is 11.8. The zero-order valence-electron chi connectivity index (χ0n) is 20.2. The largest absolute Gasteiger partial charge is 0.310 e. The Balaban J connectivity index is 1.15. The molecule has 3 heterocycles. The molecule has 0 unspecified atom stereocenters. The van der Waals surface area contributed by atoms with Crippen LogP contribution in [0.15, 0.2) is 59.8 Å². The molecule has 0 spiro atoms. The smallest absolute Gasteiger partial charge is 0.290 e. The van der Waals surface area contributed by atoms with E-state index in [1.165, 1.54) is 16.7 Å². The fourth-order valence-corrected chi connectivity index (χ4v) is 5.56. The molecule has 2 N–H and O–H groups in total. The minimum atomic E-state index is -0.367. The molecule has 2 aliphatic rings. The molecule has 5 rings (SSSR count). The third kappa shape index (κ3) is 5.88. The molecule has 36 heavy (non-hydrogen) atoms. The average Bonchev–Trinajstić information content (AvgIpc) is 3.20. The van der Waals surface area contributed by atoms with Crippen LogP contribution in [0.1, 0.15) is 48.3 Å². The van der Waals surface area contributed by atoms with Crippen molar-refractivity contribution in [3.05, 3.63) is 82.4 Å². The van der Waals surface area contributed by atoms with Crippen LogP contribution in [0.4, 0.5) is 4.79 Å². The van der Waals surface area contributed by atoms with Gasteiger partial charge in [-0.05, 0) is 79.6 Å². The van der Waals surface area contributed by atoms with E-state index in [4.69, 9.17) is 0 Å². The van der Waals surface area contributed by atoms with Crippen molar-refractivity contribution < 1.29 is 9.59 Å². The van der Waals surface area contributed by atoms with Gasteiger partial charge in [0, 0.05) is 37.0 Å². The van der Waals surface area contributed by atoms with Crippen molar-refractivity contribution in [1.82, 2.24) is 25.6 Å². The summed E-state index contributed by atoms with van der Waals surface area (Å²) in [5, 5.41) is 5.69. The number of imide groups is 1. The van der Waals surface area contributed by atoms with Crippen LogP contribution in [0.3, 0.4) is 0 Å². The van der Waals surface area contributed by atoms with Gasteiger partial charge in [-0.2, -0.15) is 0 Å². The summed E-state index contributed by atoms with van der Waals surface area (Å²) in [6, 6.07) is 14.8. The van der Waals surface area contributed by atoms with Gasteiger partial charge in [-0.1, -0.05) is 30.3 Å². The number of hydrogen-bond donors (Lipinski definition) is 2. The standard InChI is InChI=1S/C28H29N5O2S/c1-18-5-2-3-7-23(18)26-20(6-4-13-30-26)17-31-21-10-8-19(9-11-21)15-25-29-14-12-22(32-25)16-24-27(34)33-28(35)36-24/h2-7,12-14,16,19,21,31H,8-11,15,17H2,1H3,(H,33,34,35)/b24-16-. The minimum Gasteiger partial charge on any atom is -0.310 e. The predicted octanol–water partition coefficient (Wildman–Crippen LogP) is 5.06. The predicted molar refractivity (Wildman–Crippen MR) is 142 cm³/mol. The van der Waals surface area contributed by atoms with Gasteiger partial charge in [0.15, 0.2) is 0 Å². The number of aryl methyl sites for hydroxylation is 1. The second kappa shape index (κ2) is 11.1. The number of thioether (sulfide) groups is 1. The first kappa shape index (κ1) is 24.3. The highest BCUT2D eigenvalue weighted by Crippen LogP contribution is 2.29. The number of amides is 2. The van der Waals surface area contributed by atoms with E-state index in [0.717, 1.165) is 61.9 Å². The summed E-state index contributed by atoms with van der Waals surface area (Å²) >= 11 is 0.904. The van der Waals surface area contributed by atoms with Crippen molar-refractivity contribution in [2.45, 2.75) is 51.6 Å². The summed E-state index contributed by atoms with van der Waals surface area (Å²) < 4.78 is 0. The zero-order valence-corrected chi connectivity index (χ0v) is 21.1. The number of carbonyl (C=O) groups excluding carboxylic acids is 2. The van der Waals surface area contributed by atoms with Gasteiger partial charge in [0.05, 0.1) is 16.3 Å². The van der Waals surface area contributed by atoms with Gasteiger partial charge in [0.1, 0.15) is 5.82 Å². The fourth-order valence-electron chi connectivity index (χ4n) is 4.89. The first-order valence-electron chi connectivity index (χ1n) is 12.3. The topological polar surface area (TPSA) is 96.9 Å². The van der Waals surface area contributed by atoms with Gasteiger partial charge in [-0.15, -0.1) is 0 Å². The molecule has 7 nitrogen and oxygen atoms in total. The lowest BCUT2D eigenvalue weighted by atomic mass is 9.84. The van der Waals surface area contributed by atoms with Gasteiger partial charge in [-0.25, -0.2) is 9.97 Å². The fraction of sp³-hybridized carbons (Fsp3) is 0.321. The van der Waals surface area contributed by atoms with E-state index in [1.807, 2.05) is 12.3 Å². The van der Waals surface area contributed by atoms with Crippen LogP contribution < -0.4 is 10.6 Å². The van der Waals surface area contributed by atoms with Gasteiger partial charge < -0.3 is 5.32 Å². The van der Waals surface area contributed by atoms with Crippen LogP contribution in [0, 0.1) is 12.8 Å². The Bertz CT molecular complexity index is 1300. The van der Waals surface area contributed by atoms with Gasteiger partial charge in [-0.3, -0.25) is 19.9 Å². The minimum absolute atomic E-state index is 0.346. The number of pyridine rings is 1. The van der Waals surface area contributed by atoms with E-state index in [9.17, 15) is 9.59 Å². The average molecular weight is 500 g/mol. The first-order chi connectivity index (χ1) is 17.5. The first-order valence-corrected chi connectivity index (χ1v) is 13.2. The highest BCUT2D eigenvalue weighted by Gasteiger charge is 2.26. The molecule has 0 radical (unpaired) electrons. The zero-order chi connectivity index (χ0) is 24.9. The van der Waals surface area contributed by atoms with E-state index < -0.39 is 0 Å². The third-order valence-electron chi connectivity index (χ3n) is 6.84. The molecule has 1 saturated carbocycles. The SMILES string of the molecule is Cc1ccccc1-c1ncccc1CNC1CCC(Cc2nccc(/C=C3\SC(=O)NC3=O)n2)CC1. The molecular weight excluding hydrogens is 470 g/mol. The van der Waals surface area contributed by atoms with Crippen molar-refractivity contribution in [1.29, 1.82) is 0 Å². The summed E-state index contributed by atoms with van der Waals surface area (Å²) in [5.41, 5.74) is 5.36.